The Kier molecular flexibility index (Phi) is 7.02. The highest BCUT2D eigenvalue weighted by molar-refractivity contribution is 9.10. The SMILES string of the molecule is CC1CCN(CCc2ccc(Br)cc2)CC(=O)N1CCc1ccc(F)cc1. The molecular formula is C22H26BrFN2O. The fraction of sp³-hybridized carbons (Fsp3) is 0.409. The van der Waals surface area contributed by atoms with Crippen molar-refractivity contribution in [3.63, 3.8) is 0 Å². The largest absolute Gasteiger partial charge is 0.339 e. The van der Waals surface area contributed by atoms with Gasteiger partial charge in [0.1, 0.15) is 5.82 Å². The molecule has 1 aliphatic heterocycles. The van der Waals surface area contributed by atoms with Gasteiger partial charge in [-0.2, -0.15) is 0 Å². The fourth-order valence-corrected chi connectivity index (χ4v) is 3.77. The predicted molar refractivity (Wildman–Crippen MR) is 110 cm³/mol. The lowest BCUT2D eigenvalue weighted by Gasteiger charge is -2.27. The van der Waals surface area contributed by atoms with E-state index < -0.39 is 0 Å². The van der Waals surface area contributed by atoms with Crippen molar-refractivity contribution in [1.82, 2.24) is 9.80 Å². The summed E-state index contributed by atoms with van der Waals surface area (Å²) in [6.45, 7) is 5.12. The van der Waals surface area contributed by atoms with Crippen LogP contribution in [0.5, 0.6) is 0 Å². The van der Waals surface area contributed by atoms with Crippen LogP contribution in [0, 0.1) is 5.82 Å². The monoisotopic (exact) mass is 432 g/mol. The maximum atomic E-state index is 13.0. The van der Waals surface area contributed by atoms with Gasteiger partial charge in [-0.25, -0.2) is 4.39 Å². The number of carbonyl (C=O) groups excluding carboxylic acids is 1. The molecule has 1 saturated heterocycles. The lowest BCUT2D eigenvalue weighted by Crippen LogP contribution is -2.41. The Bertz CT molecular complexity index is 748. The number of halogens is 2. The molecule has 0 aromatic heterocycles. The number of amides is 1. The average molecular weight is 433 g/mol. The first-order chi connectivity index (χ1) is 13.0. The summed E-state index contributed by atoms with van der Waals surface area (Å²) in [7, 11) is 0. The molecule has 3 nitrogen and oxygen atoms in total. The molecule has 1 fully saturated rings. The van der Waals surface area contributed by atoms with Crippen molar-refractivity contribution in [3.8, 4) is 0 Å². The summed E-state index contributed by atoms with van der Waals surface area (Å²) in [5.74, 6) is -0.0303. The van der Waals surface area contributed by atoms with E-state index in [9.17, 15) is 9.18 Å². The van der Waals surface area contributed by atoms with Crippen LogP contribution in [0.1, 0.15) is 24.5 Å². The number of hydrogen-bond donors (Lipinski definition) is 0. The van der Waals surface area contributed by atoms with E-state index in [1.165, 1.54) is 17.7 Å². The van der Waals surface area contributed by atoms with Crippen molar-refractivity contribution in [1.29, 1.82) is 0 Å². The highest BCUT2D eigenvalue weighted by Crippen LogP contribution is 2.15. The molecule has 0 saturated carbocycles. The molecule has 0 bridgehead atoms. The molecule has 1 atom stereocenters. The summed E-state index contributed by atoms with van der Waals surface area (Å²) in [5, 5.41) is 0. The molecule has 2 aromatic rings. The van der Waals surface area contributed by atoms with Gasteiger partial charge in [0.2, 0.25) is 5.91 Å². The van der Waals surface area contributed by atoms with Gasteiger partial charge in [0.05, 0.1) is 6.54 Å². The summed E-state index contributed by atoms with van der Waals surface area (Å²) >= 11 is 3.46. The smallest absolute Gasteiger partial charge is 0.236 e. The van der Waals surface area contributed by atoms with Crippen molar-refractivity contribution in [2.24, 2.45) is 0 Å². The topological polar surface area (TPSA) is 23.6 Å². The van der Waals surface area contributed by atoms with Gasteiger partial charge in [0, 0.05) is 30.1 Å². The van der Waals surface area contributed by atoms with Crippen LogP contribution in [0.3, 0.4) is 0 Å². The van der Waals surface area contributed by atoms with E-state index in [1.54, 1.807) is 12.1 Å². The highest BCUT2D eigenvalue weighted by Gasteiger charge is 2.26. The summed E-state index contributed by atoms with van der Waals surface area (Å²) < 4.78 is 14.1. The van der Waals surface area contributed by atoms with Gasteiger partial charge in [-0.15, -0.1) is 0 Å². The molecule has 5 heteroatoms. The van der Waals surface area contributed by atoms with Crippen LogP contribution in [0.25, 0.3) is 0 Å². The molecular weight excluding hydrogens is 407 g/mol. The number of hydrogen-bond acceptors (Lipinski definition) is 2. The maximum Gasteiger partial charge on any atom is 0.236 e. The third-order valence-electron chi connectivity index (χ3n) is 5.26. The van der Waals surface area contributed by atoms with Crippen LogP contribution in [0.15, 0.2) is 53.0 Å². The Morgan fingerprint density at radius 3 is 2.26 bits per heavy atom. The molecule has 0 radical (unpaired) electrons. The molecule has 0 spiro atoms. The molecule has 0 N–H and O–H groups in total. The minimum Gasteiger partial charge on any atom is -0.339 e. The van der Waals surface area contributed by atoms with Gasteiger partial charge < -0.3 is 4.90 Å². The first-order valence-corrected chi connectivity index (χ1v) is 10.3. The second-order valence-corrected chi connectivity index (χ2v) is 8.17. The van der Waals surface area contributed by atoms with Gasteiger partial charge in [-0.05, 0) is 61.6 Å². The third-order valence-corrected chi connectivity index (χ3v) is 5.79. The molecule has 0 aliphatic carbocycles. The Morgan fingerprint density at radius 2 is 1.59 bits per heavy atom. The summed E-state index contributed by atoms with van der Waals surface area (Å²) in [4.78, 5) is 17.0. The minimum absolute atomic E-state index is 0.193. The molecule has 27 heavy (non-hydrogen) atoms. The molecule has 1 amide bonds. The van der Waals surface area contributed by atoms with E-state index in [0.717, 1.165) is 42.4 Å². The lowest BCUT2D eigenvalue weighted by molar-refractivity contribution is -0.132. The van der Waals surface area contributed by atoms with Gasteiger partial charge in [-0.3, -0.25) is 9.69 Å². The van der Waals surface area contributed by atoms with E-state index >= 15 is 0 Å². The second kappa shape index (κ2) is 9.47. The Morgan fingerprint density at radius 1 is 1.00 bits per heavy atom. The summed E-state index contributed by atoms with van der Waals surface area (Å²) in [5.41, 5.74) is 2.35. The highest BCUT2D eigenvalue weighted by atomic mass is 79.9. The van der Waals surface area contributed by atoms with Crippen molar-refractivity contribution in [3.05, 3.63) is 69.9 Å². The van der Waals surface area contributed by atoms with Gasteiger partial charge in [0.15, 0.2) is 0 Å². The van der Waals surface area contributed by atoms with E-state index in [-0.39, 0.29) is 17.8 Å². The molecule has 1 aliphatic rings. The lowest BCUT2D eigenvalue weighted by atomic mass is 10.1. The summed E-state index contributed by atoms with van der Waals surface area (Å²) in [6, 6.07) is 15.2. The van der Waals surface area contributed by atoms with Crippen molar-refractivity contribution in [2.75, 3.05) is 26.2 Å². The number of benzene rings is 2. The first kappa shape index (κ1) is 20.0. The minimum atomic E-state index is -0.223. The van der Waals surface area contributed by atoms with E-state index in [2.05, 4.69) is 52.0 Å². The quantitative estimate of drug-likeness (QED) is 0.679. The summed E-state index contributed by atoms with van der Waals surface area (Å²) in [6.07, 6.45) is 2.69. The van der Waals surface area contributed by atoms with E-state index in [1.807, 2.05) is 4.90 Å². The zero-order valence-corrected chi connectivity index (χ0v) is 17.3. The molecule has 3 rings (SSSR count). The standard InChI is InChI=1S/C22H26BrFN2O/c1-17-10-13-25(14-11-18-2-6-20(23)7-3-18)16-22(27)26(17)15-12-19-4-8-21(24)9-5-19/h2-9,17H,10-16H2,1H3. The number of carbonyl (C=O) groups is 1. The molecule has 2 aromatic carbocycles. The van der Waals surface area contributed by atoms with Crippen LogP contribution in [0.4, 0.5) is 4.39 Å². The zero-order chi connectivity index (χ0) is 19.2. The van der Waals surface area contributed by atoms with Crippen LogP contribution in [-0.4, -0.2) is 47.9 Å². The first-order valence-electron chi connectivity index (χ1n) is 9.52. The van der Waals surface area contributed by atoms with Crippen LogP contribution >= 0.6 is 15.9 Å². The average Bonchev–Trinajstić information content (AvgIpc) is 2.79. The zero-order valence-electron chi connectivity index (χ0n) is 15.7. The van der Waals surface area contributed by atoms with Gasteiger partial charge in [0.25, 0.3) is 0 Å². The van der Waals surface area contributed by atoms with Crippen LogP contribution < -0.4 is 0 Å². The molecule has 1 unspecified atom stereocenters. The Balaban J connectivity index is 1.53. The van der Waals surface area contributed by atoms with Crippen LogP contribution in [-0.2, 0) is 17.6 Å². The van der Waals surface area contributed by atoms with Crippen molar-refractivity contribution in [2.45, 2.75) is 32.2 Å². The fourth-order valence-electron chi connectivity index (χ4n) is 3.51. The molecule has 144 valence electrons. The Labute approximate surface area is 169 Å². The number of nitrogens with zero attached hydrogens (tertiary/aromatic N) is 2. The Hall–Kier alpha value is -1.72. The van der Waals surface area contributed by atoms with Crippen molar-refractivity contribution < 1.29 is 9.18 Å². The number of rotatable bonds is 6. The predicted octanol–water partition coefficient (Wildman–Crippen LogP) is 4.30. The van der Waals surface area contributed by atoms with E-state index in [0.29, 0.717) is 13.1 Å². The van der Waals surface area contributed by atoms with Crippen LogP contribution in [0.2, 0.25) is 0 Å². The third kappa shape index (κ3) is 5.88. The van der Waals surface area contributed by atoms with Gasteiger partial charge in [-0.1, -0.05) is 40.2 Å². The molecule has 1 heterocycles. The normalized spacial score (nSPS) is 18.6. The second-order valence-electron chi connectivity index (χ2n) is 7.25. The van der Waals surface area contributed by atoms with Gasteiger partial charge >= 0.3 is 0 Å². The van der Waals surface area contributed by atoms with E-state index in [4.69, 9.17) is 0 Å². The maximum absolute atomic E-state index is 13.0. The van der Waals surface area contributed by atoms with Crippen molar-refractivity contribution >= 4 is 21.8 Å².